The van der Waals surface area contributed by atoms with Gasteiger partial charge in [-0.2, -0.15) is 0 Å². The summed E-state index contributed by atoms with van der Waals surface area (Å²) in [6, 6.07) is 2.30. The van der Waals surface area contributed by atoms with Gasteiger partial charge in [0.05, 0.1) is 0 Å². The Hall–Kier alpha value is -0.860. The summed E-state index contributed by atoms with van der Waals surface area (Å²) in [5.41, 5.74) is 13.6. The molecule has 0 atom stereocenters. The van der Waals surface area contributed by atoms with Crippen molar-refractivity contribution in [2.24, 2.45) is 5.73 Å². The maximum Gasteiger partial charge on any atom is 0.0284 e. The van der Waals surface area contributed by atoms with Gasteiger partial charge in [-0.1, -0.05) is 6.07 Å². The molecule has 0 amide bonds. The lowest BCUT2D eigenvalue weighted by Crippen LogP contribution is -2.38. The molecule has 1 saturated carbocycles. The Morgan fingerprint density at radius 3 is 2.11 bits per heavy atom. The minimum Gasteiger partial charge on any atom is -0.324 e. The molecular weight excluding hydrogens is 232 g/mol. The van der Waals surface area contributed by atoms with Crippen LogP contribution in [0, 0.1) is 27.7 Å². The maximum atomic E-state index is 6.18. The Balaban J connectivity index is 2.02. The van der Waals surface area contributed by atoms with Gasteiger partial charge in [0.1, 0.15) is 0 Å². The minimum atomic E-state index is 0.126. The molecule has 2 rings (SSSR count). The van der Waals surface area contributed by atoms with Crippen molar-refractivity contribution in [1.29, 1.82) is 0 Å². The van der Waals surface area contributed by atoms with E-state index in [2.05, 4.69) is 45.7 Å². The van der Waals surface area contributed by atoms with E-state index < -0.39 is 0 Å². The third-order valence-electron chi connectivity index (χ3n) is 4.74. The molecule has 0 aromatic heterocycles. The van der Waals surface area contributed by atoms with E-state index in [1.165, 1.54) is 40.7 Å². The molecule has 2 N–H and O–H groups in total. The summed E-state index contributed by atoms with van der Waals surface area (Å²) in [6.07, 6.45) is 3.52. The normalized spacial score (nSPS) is 17.0. The summed E-state index contributed by atoms with van der Waals surface area (Å²) in [6.45, 7) is 11.1. The second kappa shape index (κ2) is 5.26. The average Bonchev–Trinajstić information content (AvgIpc) is 3.04. The van der Waals surface area contributed by atoms with Gasteiger partial charge in [0, 0.05) is 18.6 Å². The molecule has 0 spiro atoms. The van der Waals surface area contributed by atoms with Gasteiger partial charge in [-0.25, -0.2) is 0 Å². The summed E-state index contributed by atoms with van der Waals surface area (Å²) in [5, 5.41) is 0. The molecule has 0 heterocycles. The SMILES string of the molecule is Cc1cc(C)c(C)c(CCN(C)CC2(N)CC2)c1C. The molecule has 1 fully saturated rings. The molecule has 0 unspecified atom stereocenters. The molecule has 1 aromatic carbocycles. The molecule has 1 aromatic rings. The summed E-state index contributed by atoms with van der Waals surface area (Å²) < 4.78 is 0. The molecule has 0 radical (unpaired) electrons. The molecule has 2 nitrogen and oxygen atoms in total. The van der Waals surface area contributed by atoms with Gasteiger partial charge in [-0.3, -0.25) is 0 Å². The summed E-state index contributed by atoms with van der Waals surface area (Å²) >= 11 is 0. The fraction of sp³-hybridized carbons (Fsp3) is 0.647. The van der Waals surface area contributed by atoms with Gasteiger partial charge in [0.15, 0.2) is 0 Å². The fourth-order valence-corrected chi connectivity index (χ4v) is 2.91. The van der Waals surface area contributed by atoms with E-state index in [1.54, 1.807) is 0 Å². The third-order valence-corrected chi connectivity index (χ3v) is 4.74. The number of aryl methyl sites for hydroxylation is 2. The molecule has 0 saturated heterocycles. The van der Waals surface area contributed by atoms with Crippen LogP contribution in [0.1, 0.15) is 40.7 Å². The topological polar surface area (TPSA) is 29.3 Å². The first-order valence-electron chi connectivity index (χ1n) is 7.36. The smallest absolute Gasteiger partial charge is 0.0284 e. The molecule has 1 aliphatic carbocycles. The number of rotatable bonds is 5. The molecular formula is C17H28N2. The van der Waals surface area contributed by atoms with Crippen molar-refractivity contribution in [2.75, 3.05) is 20.1 Å². The Morgan fingerprint density at radius 1 is 1.11 bits per heavy atom. The van der Waals surface area contributed by atoms with Crippen molar-refractivity contribution in [2.45, 2.75) is 52.5 Å². The minimum absolute atomic E-state index is 0.126. The number of hydrogen-bond acceptors (Lipinski definition) is 2. The number of nitrogens with zero attached hydrogens (tertiary/aromatic N) is 1. The molecule has 0 bridgehead atoms. The molecule has 0 aliphatic heterocycles. The van der Waals surface area contributed by atoms with Crippen LogP contribution < -0.4 is 5.73 Å². The predicted octanol–water partition coefficient (Wildman–Crippen LogP) is 2.89. The Bertz CT molecular complexity index is 446. The number of likely N-dealkylation sites (N-methyl/N-ethyl adjacent to an activating group) is 1. The quantitative estimate of drug-likeness (QED) is 0.882. The van der Waals surface area contributed by atoms with Crippen LogP contribution in [0.3, 0.4) is 0 Å². The highest BCUT2D eigenvalue weighted by molar-refractivity contribution is 5.44. The molecule has 1 aliphatic rings. The van der Waals surface area contributed by atoms with E-state index in [1.807, 2.05) is 0 Å². The van der Waals surface area contributed by atoms with Crippen LogP contribution in [0.2, 0.25) is 0 Å². The second-order valence-corrected chi connectivity index (χ2v) is 6.59. The van der Waals surface area contributed by atoms with Gasteiger partial charge >= 0.3 is 0 Å². The Morgan fingerprint density at radius 2 is 1.63 bits per heavy atom. The van der Waals surface area contributed by atoms with E-state index in [9.17, 15) is 0 Å². The standard InChI is InChI=1S/C17H28N2/c1-12-10-13(2)15(4)16(14(12)3)6-9-19(5)11-17(18)7-8-17/h10H,6-9,11,18H2,1-5H3. The zero-order valence-corrected chi connectivity index (χ0v) is 13.1. The van der Waals surface area contributed by atoms with Crippen molar-refractivity contribution in [1.82, 2.24) is 4.90 Å². The van der Waals surface area contributed by atoms with Gasteiger partial charge in [0.2, 0.25) is 0 Å². The van der Waals surface area contributed by atoms with E-state index in [0.717, 1.165) is 19.5 Å². The highest BCUT2D eigenvalue weighted by atomic mass is 15.1. The monoisotopic (exact) mass is 260 g/mol. The molecule has 19 heavy (non-hydrogen) atoms. The Labute approximate surface area is 118 Å². The first-order chi connectivity index (χ1) is 8.82. The van der Waals surface area contributed by atoms with Crippen molar-refractivity contribution < 1.29 is 0 Å². The van der Waals surface area contributed by atoms with E-state index >= 15 is 0 Å². The van der Waals surface area contributed by atoms with Gasteiger partial charge in [-0.05, 0) is 81.8 Å². The van der Waals surface area contributed by atoms with Crippen molar-refractivity contribution in [3.8, 4) is 0 Å². The Kier molecular flexibility index (Phi) is 4.03. The van der Waals surface area contributed by atoms with Gasteiger partial charge < -0.3 is 10.6 Å². The highest BCUT2D eigenvalue weighted by Gasteiger charge is 2.38. The molecule has 2 heteroatoms. The van der Waals surface area contributed by atoms with E-state index in [-0.39, 0.29) is 5.54 Å². The first kappa shape index (κ1) is 14.5. The number of hydrogen-bond donors (Lipinski definition) is 1. The first-order valence-corrected chi connectivity index (χ1v) is 7.36. The van der Waals surface area contributed by atoms with Crippen LogP contribution in [-0.2, 0) is 6.42 Å². The summed E-state index contributed by atoms with van der Waals surface area (Å²) in [7, 11) is 2.19. The fourth-order valence-electron chi connectivity index (χ4n) is 2.91. The predicted molar refractivity (Wildman–Crippen MR) is 82.7 cm³/mol. The van der Waals surface area contributed by atoms with Gasteiger partial charge in [0.25, 0.3) is 0 Å². The summed E-state index contributed by atoms with van der Waals surface area (Å²) in [4.78, 5) is 2.39. The number of nitrogens with two attached hydrogens (primary N) is 1. The van der Waals surface area contributed by atoms with Crippen molar-refractivity contribution in [3.63, 3.8) is 0 Å². The lowest BCUT2D eigenvalue weighted by Gasteiger charge is -2.22. The van der Waals surface area contributed by atoms with Crippen LogP contribution in [0.5, 0.6) is 0 Å². The third kappa shape index (κ3) is 3.37. The maximum absolute atomic E-state index is 6.18. The van der Waals surface area contributed by atoms with Crippen LogP contribution >= 0.6 is 0 Å². The zero-order valence-electron chi connectivity index (χ0n) is 13.1. The second-order valence-electron chi connectivity index (χ2n) is 6.59. The average molecular weight is 260 g/mol. The van der Waals surface area contributed by atoms with Crippen LogP contribution in [0.25, 0.3) is 0 Å². The van der Waals surface area contributed by atoms with Gasteiger partial charge in [-0.15, -0.1) is 0 Å². The van der Waals surface area contributed by atoms with Crippen LogP contribution in [0.15, 0.2) is 6.07 Å². The summed E-state index contributed by atoms with van der Waals surface area (Å²) in [5.74, 6) is 0. The van der Waals surface area contributed by atoms with E-state index in [4.69, 9.17) is 5.73 Å². The zero-order chi connectivity index (χ0) is 14.2. The van der Waals surface area contributed by atoms with Crippen LogP contribution in [-0.4, -0.2) is 30.6 Å². The molecule has 106 valence electrons. The van der Waals surface area contributed by atoms with Crippen molar-refractivity contribution >= 4 is 0 Å². The van der Waals surface area contributed by atoms with Crippen LogP contribution in [0.4, 0.5) is 0 Å². The lowest BCUT2D eigenvalue weighted by atomic mass is 9.92. The van der Waals surface area contributed by atoms with Crippen molar-refractivity contribution in [3.05, 3.63) is 33.9 Å². The highest BCUT2D eigenvalue weighted by Crippen LogP contribution is 2.32. The van der Waals surface area contributed by atoms with E-state index in [0.29, 0.717) is 0 Å². The lowest BCUT2D eigenvalue weighted by molar-refractivity contribution is 0.306. The number of benzene rings is 1. The largest absolute Gasteiger partial charge is 0.324 e.